The number of thiophene rings is 1. The molecule has 0 aliphatic carbocycles. The van der Waals surface area contributed by atoms with Gasteiger partial charge in [0, 0.05) is 32.7 Å². The minimum Gasteiger partial charge on any atom is -0.378 e. The first kappa shape index (κ1) is 17.1. The van der Waals surface area contributed by atoms with Crippen molar-refractivity contribution in [3.05, 3.63) is 16.5 Å². The molecular formula is C13H18ClN3O4S2. The summed E-state index contributed by atoms with van der Waals surface area (Å²) in [6.45, 7) is 2.98. The molecule has 0 saturated carbocycles. The molecule has 1 atom stereocenters. The van der Waals surface area contributed by atoms with Gasteiger partial charge in [-0.2, -0.15) is 4.31 Å². The van der Waals surface area contributed by atoms with E-state index in [4.69, 9.17) is 16.3 Å². The lowest BCUT2D eigenvalue weighted by Gasteiger charge is -2.36. The maximum atomic E-state index is 12.5. The van der Waals surface area contributed by atoms with Crippen LogP contribution in [0.5, 0.6) is 0 Å². The molecule has 1 aromatic rings. The van der Waals surface area contributed by atoms with Crippen LogP contribution in [0.2, 0.25) is 4.34 Å². The third kappa shape index (κ3) is 3.70. The van der Waals surface area contributed by atoms with Crippen molar-refractivity contribution in [1.82, 2.24) is 14.5 Å². The summed E-state index contributed by atoms with van der Waals surface area (Å²) in [6, 6.07) is 2.76. The molecular weight excluding hydrogens is 362 g/mol. The van der Waals surface area contributed by atoms with E-state index in [1.807, 2.05) is 0 Å². The zero-order valence-corrected chi connectivity index (χ0v) is 14.8. The summed E-state index contributed by atoms with van der Waals surface area (Å²) in [7, 11) is -3.53. The molecule has 0 radical (unpaired) electrons. The van der Waals surface area contributed by atoms with Gasteiger partial charge in [0.1, 0.15) is 10.3 Å². The zero-order chi connectivity index (χ0) is 16.4. The molecule has 0 spiro atoms. The first-order chi connectivity index (χ1) is 11.0. The van der Waals surface area contributed by atoms with Gasteiger partial charge in [-0.1, -0.05) is 11.6 Å². The number of nitrogens with one attached hydrogen (secondary N) is 1. The van der Waals surface area contributed by atoms with Crippen molar-refractivity contribution < 1.29 is 17.9 Å². The largest absolute Gasteiger partial charge is 0.378 e. The summed E-state index contributed by atoms with van der Waals surface area (Å²) in [5.41, 5.74) is 0. The Bertz CT molecular complexity index is 665. The highest BCUT2D eigenvalue weighted by Gasteiger charge is 2.33. The van der Waals surface area contributed by atoms with Crippen molar-refractivity contribution in [3.63, 3.8) is 0 Å². The van der Waals surface area contributed by atoms with Crippen molar-refractivity contribution in [2.75, 3.05) is 45.9 Å². The van der Waals surface area contributed by atoms with E-state index in [1.54, 1.807) is 11.0 Å². The van der Waals surface area contributed by atoms with Crippen molar-refractivity contribution in [2.24, 2.45) is 0 Å². The number of ether oxygens (including phenoxy) is 1. The van der Waals surface area contributed by atoms with Gasteiger partial charge >= 0.3 is 0 Å². The quantitative estimate of drug-likeness (QED) is 0.813. The highest BCUT2D eigenvalue weighted by Crippen LogP contribution is 2.28. The number of piperazine rings is 1. The number of carbonyl (C=O) groups is 1. The molecule has 128 valence electrons. The molecule has 10 heteroatoms. The summed E-state index contributed by atoms with van der Waals surface area (Å²) < 4.78 is 32.4. The van der Waals surface area contributed by atoms with E-state index >= 15 is 0 Å². The van der Waals surface area contributed by atoms with Gasteiger partial charge in [-0.25, -0.2) is 8.42 Å². The minimum atomic E-state index is -3.53. The maximum Gasteiger partial charge on any atom is 0.252 e. The number of hydrogen-bond donors (Lipinski definition) is 1. The fourth-order valence-corrected chi connectivity index (χ4v) is 5.72. The molecule has 2 aliphatic heterocycles. The number of sulfonamides is 1. The van der Waals surface area contributed by atoms with Crippen LogP contribution in [0, 0.1) is 0 Å². The summed E-state index contributed by atoms with van der Waals surface area (Å²) in [4.78, 5) is 14.1. The van der Waals surface area contributed by atoms with Gasteiger partial charge in [-0.3, -0.25) is 4.79 Å². The second-order valence-corrected chi connectivity index (χ2v) is 9.25. The number of nitrogens with zero attached hydrogens (tertiary/aromatic N) is 2. The fraction of sp³-hybridized carbons (Fsp3) is 0.615. The molecule has 2 fully saturated rings. The van der Waals surface area contributed by atoms with Gasteiger partial charge in [0.05, 0.1) is 17.6 Å². The molecule has 1 aromatic heterocycles. The Balaban J connectivity index is 1.60. The van der Waals surface area contributed by atoms with Crippen molar-refractivity contribution >= 4 is 38.9 Å². The van der Waals surface area contributed by atoms with Crippen molar-refractivity contribution in [3.8, 4) is 0 Å². The number of morpholine rings is 1. The second kappa shape index (κ2) is 7.04. The van der Waals surface area contributed by atoms with E-state index in [1.165, 1.54) is 10.4 Å². The Kier molecular flexibility index (Phi) is 5.24. The monoisotopic (exact) mass is 379 g/mol. The summed E-state index contributed by atoms with van der Waals surface area (Å²) >= 11 is 6.87. The van der Waals surface area contributed by atoms with E-state index in [2.05, 4.69) is 5.32 Å². The predicted molar refractivity (Wildman–Crippen MR) is 87.3 cm³/mol. The number of rotatable bonds is 3. The van der Waals surface area contributed by atoms with Crippen LogP contribution in [-0.4, -0.2) is 75.5 Å². The van der Waals surface area contributed by atoms with E-state index in [-0.39, 0.29) is 29.2 Å². The predicted octanol–water partition coefficient (Wildman–Crippen LogP) is 0.223. The first-order valence-corrected chi connectivity index (χ1v) is 9.97. The summed E-state index contributed by atoms with van der Waals surface area (Å²) in [5, 5.41) is 3.13. The average molecular weight is 380 g/mol. The molecule has 1 N–H and O–H groups in total. The van der Waals surface area contributed by atoms with E-state index in [9.17, 15) is 13.2 Å². The van der Waals surface area contributed by atoms with Gasteiger partial charge in [-0.05, 0) is 12.1 Å². The van der Waals surface area contributed by atoms with Gasteiger partial charge in [0.2, 0.25) is 5.91 Å². The third-order valence-corrected chi connectivity index (χ3v) is 7.51. The van der Waals surface area contributed by atoms with E-state index in [0.717, 1.165) is 11.3 Å². The SMILES string of the molecule is O=C(C1COCCN1)N1CCN(S(=O)(=O)c2ccc(Cl)s2)CC1. The summed E-state index contributed by atoms with van der Waals surface area (Å²) in [6.07, 6.45) is 0. The maximum absolute atomic E-state index is 12.5. The standard InChI is InChI=1S/C13H18ClN3O4S2/c14-11-1-2-12(22-11)23(19,20)17-6-4-16(5-7-17)13(18)10-9-21-8-3-15-10/h1-2,10,15H,3-9H2. The average Bonchev–Trinajstić information content (AvgIpc) is 3.02. The topological polar surface area (TPSA) is 79.0 Å². The van der Waals surface area contributed by atoms with Crippen molar-refractivity contribution in [1.29, 1.82) is 0 Å². The second-order valence-electron chi connectivity index (χ2n) is 5.37. The Morgan fingerprint density at radius 3 is 2.61 bits per heavy atom. The van der Waals surface area contributed by atoms with Gasteiger partial charge in [-0.15, -0.1) is 11.3 Å². The smallest absolute Gasteiger partial charge is 0.252 e. The number of hydrogen-bond acceptors (Lipinski definition) is 6. The van der Waals surface area contributed by atoms with Crippen LogP contribution in [0.1, 0.15) is 0 Å². The van der Waals surface area contributed by atoms with Crippen molar-refractivity contribution in [2.45, 2.75) is 10.3 Å². The summed E-state index contributed by atoms with van der Waals surface area (Å²) in [5.74, 6) is -0.0269. The molecule has 0 aromatic carbocycles. The molecule has 2 aliphatic rings. The van der Waals surface area contributed by atoms with Crippen LogP contribution < -0.4 is 5.32 Å². The van der Waals surface area contributed by atoms with Crippen LogP contribution >= 0.6 is 22.9 Å². The van der Waals surface area contributed by atoms with Crippen LogP contribution in [0.4, 0.5) is 0 Å². The molecule has 7 nitrogen and oxygen atoms in total. The molecule has 3 rings (SSSR count). The first-order valence-electron chi connectivity index (χ1n) is 7.34. The van der Waals surface area contributed by atoms with Gasteiger partial charge in [0.15, 0.2) is 0 Å². The Hall–Kier alpha value is -0.710. The molecule has 3 heterocycles. The molecule has 23 heavy (non-hydrogen) atoms. The fourth-order valence-electron chi connectivity index (χ4n) is 2.66. The Morgan fingerprint density at radius 2 is 2.04 bits per heavy atom. The van der Waals surface area contributed by atoms with Gasteiger partial charge in [0.25, 0.3) is 10.0 Å². The van der Waals surface area contributed by atoms with Gasteiger partial charge < -0.3 is 15.0 Å². The Morgan fingerprint density at radius 1 is 1.30 bits per heavy atom. The minimum absolute atomic E-state index is 0.0269. The van der Waals surface area contributed by atoms with Crippen LogP contribution in [0.3, 0.4) is 0 Å². The highest BCUT2D eigenvalue weighted by molar-refractivity contribution is 7.91. The van der Waals surface area contributed by atoms with Crippen LogP contribution in [-0.2, 0) is 19.6 Å². The third-order valence-electron chi connectivity index (χ3n) is 3.91. The lowest BCUT2D eigenvalue weighted by atomic mass is 10.2. The van der Waals surface area contributed by atoms with Crippen LogP contribution in [0.15, 0.2) is 16.3 Å². The molecule has 2 saturated heterocycles. The van der Waals surface area contributed by atoms with Crippen LogP contribution in [0.25, 0.3) is 0 Å². The van der Waals surface area contributed by atoms with E-state index in [0.29, 0.717) is 37.2 Å². The number of halogens is 1. The zero-order valence-electron chi connectivity index (χ0n) is 12.4. The molecule has 0 bridgehead atoms. The lowest BCUT2D eigenvalue weighted by molar-refractivity contribution is -0.137. The normalized spacial score (nSPS) is 23.9. The number of amides is 1. The molecule has 1 amide bonds. The molecule has 1 unspecified atom stereocenters. The Labute approximate surface area is 144 Å². The number of carbonyl (C=O) groups excluding carboxylic acids is 1. The highest BCUT2D eigenvalue weighted by atomic mass is 35.5. The lowest BCUT2D eigenvalue weighted by Crippen LogP contribution is -2.57. The van der Waals surface area contributed by atoms with E-state index < -0.39 is 10.0 Å².